The highest BCUT2D eigenvalue weighted by Gasteiger charge is 2.11. The monoisotopic (exact) mass is 130 g/mol. The van der Waals surface area contributed by atoms with Crippen LogP contribution in [0.4, 0.5) is 0 Å². The molecule has 2 N–H and O–H groups in total. The van der Waals surface area contributed by atoms with E-state index in [-0.39, 0.29) is 11.9 Å². The number of likely N-dealkylation sites (N-methyl/N-ethyl adjacent to an activating group) is 1. The van der Waals surface area contributed by atoms with Crippen LogP contribution in [-0.2, 0) is 4.79 Å². The third-order valence-electron chi connectivity index (χ3n) is 1.20. The molecule has 0 saturated heterocycles. The molecular weight excluding hydrogens is 116 g/mol. The predicted octanol–water partition coefficient (Wildman–Crippen LogP) is -0.188. The number of hydrogen-bond acceptors (Lipinski definition) is 2. The third-order valence-corrected chi connectivity index (χ3v) is 1.20. The van der Waals surface area contributed by atoms with Gasteiger partial charge >= 0.3 is 0 Å². The van der Waals surface area contributed by atoms with Crippen LogP contribution in [0.5, 0.6) is 0 Å². The maximum Gasteiger partial charge on any atom is 0.238 e. The summed E-state index contributed by atoms with van der Waals surface area (Å²) >= 11 is 0. The van der Waals surface area contributed by atoms with Gasteiger partial charge in [0.2, 0.25) is 5.91 Å². The van der Waals surface area contributed by atoms with Gasteiger partial charge in [-0.15, -0.1) is 0 Å². The quantitative estimate of drug-likeness (QED) is 0.563. The summed E-state index contributed by atoms with van der Waals surface area (Å²) in [5.74, 6) is -0.00231. The number of amides is 1. The van der Waals surface area contributed by atoms with Crippen LogP contribution >= 0.6 is 0 Å². The molecule has 0 fully saturated rings. The molecule has 0 spiro atoms. The Morgan fingerprint density at radius 2 is 2.11 bits per heavy atom. The summed E-state index contributed by atoms with van der Waals surface area (Å²) in [5.41, 5.74) is 5.43. The van der Waals surface area contributed by atoms with Crippen molar-refractivity contribution >= 4 is 5.91 Å². The van der Waals surface area contributed by atoms with Gasteiger partial charge in [0.15, 0.2) is 0 Å². The fourth-order valence-electron chi connectivity index (χ4n) is 0.506. The fraction of sp³-hybridized carbons (Fsp3) is 0.833. The van der Waals surface area contributed by atoms with Gasteiger partial charge in [-0.2, -0.15) is 0 Å². The van der Waals surface area contributed by atoms with E-state index in [0.29, 0.717) is 6.42 Å². The summed E-state index contributed by atoms with van der Waals surface area (Å²) < 4.78 is 0. The van der Waals surface area contributed by atoms with Gasteiger partial charge in [-0.25, -0.2) is 0 Å². The van der Waals surface area contributed by atoms with E-state index in [2.05, 4.69) is 0 Å². The summed E-state index contributed by atoms with van der Waals surface area (Å²) in [4.78, 5) is 12.4. The van der Waals surface area contributed by atoms with Crippen LogP contribution in [0.1, 0.15) is 13.3 Å². The number of carbonyl (C=O) groups is 1. The second-order valence-corrected chi connectivity index (χ2v) is 2.25. The van der Waals surface area contributed by atoms with Crippen molar-refractivity contribution in [2.75, 3.05) is 14.1 Å². The summed E-state index contributed by atoms with van der Waals surface area (Å²) in [6, 6.07) is -0.319. The van der Waals surface area contributed by atoms with E-state index < -0.39 is 0 Å². The van der Waals surface area contributed by atoms with Gasteiger partial charge in [-0.05, 0) is 6.42 Å². The van der Waals surface area contributed by atoms with Crippen molar-refractivity contribution in [1.82, 2.24) is 4.90 Å². The SMILES string of the molecule is CC[C@H](N)C(=O)N(C)C. The number of nitrogens with two attached hydrogens (primary N) is 1. The normalized spacial score (nSPS) is 12.9. The molecule has 1 amide bonds. The van der Waals surface area contributed by atoms with E-state index in [1.54, 1.807) is 14.1 Å². The van der Waals surface area contributed by atoms with Crippen molar-refractivity contribution in [3.8, 4) is 0 Å². The second-order valence-electron chi connectivity index (χ2n) is 2.25. The van der Waals surface area contributed by atoms with Crippen LogP contribution < -0.4 is 5.73 Å². The molecule has 3 nitrogen and oxygen atoms in total. The topological polar surface area (TPSA) is 46.3 Å². The Morgan fingerprint density at radius 1 is 1.67 bits per heavy atom. The van der Waals surface area contributed by atoms with Gasteiger partial charge < -0.3 is 10.6 Å². The maximum atomic E-state index is 10.9. The molecule has 0 rings (SSSR count). The van der Waals surface area contributed by atoms with Crippen molar-refractivity contribution < 1.29 is 4.79 Å². The van der Waals surface area contributed by atoms with Gasteiger partial charge in [-0.3, -0.25) is 4.79 Å². The van der Waals surface area contributed by atoms with Gasteiger partial charge in [0.25, 0.3) is 0 Å². The van der Waals surface area contributed by atoms with E-state index in [0.717, 1.165) is 0 Å². The smallest absolute Gasteiger partial charge is 0.238 e. The van der Waals surface area contributed by atoms with Crippen LogP contribution in [0.25, 0.3) is 0 Å². The summed E-state index contributed by atoms with van der Waals surface area (Å²) in [6.07, 6.45) is 0.705. The van der Waals surface area contributed by atoms with E-state index in [1.807, 2.05) is 6.92 Å². The van der Waals surface area contributed by atoms with E-state index in [4.69, 9.17) is 5.73 Å². The zero-order valence-electron chi connectivity index (χ0n) is 6.22. The lowest BCUT2D eigenvalue weighted by Crippen LogP contribution is -2.39. The summed E-state index contributed by atoms with van der Waals surface area (Å²) in [6.45, 7) is 1.89. The van der Waals surface area contributed by atoms with Crippen LogP contribution in [-0.4, -0.2) is 30.9 Å². The molecule has 0 bridgehead atoms. The molecule has 0 heterocycles. The average molecular weight is 130 g/mol. The van der Waals surface area contributed by atoms with Gasteiger partial charge in [0.05, 0.1) is 6.04 Å². The predicted molar refractivity (Wildman–Crippen MR) is 37.0 cm³/mol. The first-order valence-electron chi connectivity index (χ1n) is 3.06. The lowest BCUT2D eigenvalue weighted by Gasteiger charge is -2.14. The van der Waals surface area contributed by atoms with Crippen LogP contribution in [0.3, 0.4) is 0 Å². The minimum atomic E-state index is -0.319. The number of nitrogens with zero attached hydrogens (tertiary/aromatic N) is 1. The van der Waals surface area contributed by atoms with Gasteiger partial charge in [-0.1, -0.05) is 6.92 Å². The lowest BCUT2D eigenvalue weighted by molar-refractivity contribution is -0.130. The van der Waals surface area contributed by atoms with E-state index in [9.17, 15) is 4.79 Å². The molecular formula is C6H14N2O. The minimum Gasteiger partial charge on any atom is -0.347 e. The standard InChI is InChI=1S/C6H14N2O/c1-4-5(7)6(9)8(2)3/h5H,4,7H2,1-3H3/t5-/m0/s1. The number of rotatable bonds is 2. The lowest BCUT2D eigenvalue weighted by atomic mass is 10.2. The molecule has 0 unspecified atom stereocenters. The Labute approximate surface area is 55.8 Å². The molecule has 0 radical (unpaired) electrons. The number of carbonyl (C=O) groups excluding carboxylic acids is 1. The average Bonchev–Trinajstić information content (AvgIpc) is 1.84. The van der Waals surface area contributed by atoms with Crippen molar-refractivity contribution in [3.63, 3.8) is 0 Å². The first kappa shape index (κ1) is 8.43. The molecule has 0 aliphatic heterocycles. The highest BCUT2D eigenvalue weighted by atomic mass is 16.2. The minimum absolute atomic E-state index is 0.00231. The fourth-order valence-corrected chi connectivity index (χ4v) is 0.506. The molecule has 0 aliphatic carbocycles. The first-order valence-corrected chi connectivity index (χ1v) is 3.06. The molecule has 3 heteroatoms. The Hall–Kier alpha value is -0.570. The Balaban J connectivity index is 3.73. The van der Waals surface area contributed by atoms with Gasteiger partial charge in [0.1, 0.15) is 0 Å². The molecule has 54 valence electrons. The third kappa shape index (κ3) is 2.46. The highest BCUT2D eigenvalue weighted by Crippen LogP contribution is 1.89. The van der Waals surface area contributed by atoms with Crippen LogP contribution in [0, 0.1) is 0 Å². The Bertz CT molecular complexity index is 101. The molecule has 0 aromatic heterocycles. The van der Waals surface area contributed by atoms with E-state index >= 15 is 0 Å². The molecule has 0 aromatic rings. The van der Waals surface area contributed by atoms with Crippen molar-refractivity contribution in [1.29, 1.82) is 0 Å². The number of hydrogen-bond donors (Lipinski definition) is 1. The molecule has 0 aromatic carbocycles. The van der Waals surface area contributed by atoms with Crippen LogP contribution in [0.2, 0.25) is 0 Å². The largest absolute Gasteiger partial charge is 0.347 e. The molecule has 1 atom stereocenters. The Kier molecular flexibility index (Phi) is 3.24. The van der Waals surface area contributed by atoms with Crippen molar-refractivity contribution in [3.05, 3.63) is 0 Å². The molecule has 9 heavy (non-hydrogen) atoms. The van der Waals surface area contributed by atoms with E-state index in [1.165, 1.54) is 4.90 Å². The van der Waals surface area contributed by atoms with Crippen molar-refractivity contribution in [2.45, 2.75) is 19.4 Å². The highest BCUT2D eigenvalue weighted by molar-refractivity contribution is 5.80. The molecule has 0 aliphatic rings. The molecule has 0 saturated carbocycles. The van der Waals surface area contributed by atoms with Gasteiger partial charge in [0, 0.05) is 14.1 Å². The first-order chi connectivity index (χ1) is 4.09. The second kappa shape index (κ2) is 3.45. The zero-order chi connectivity index (χ0) is 7.44. The maximum absolute atomic E-state index is 10.9. The summed E-state index contributed by atoms with van der Waals surface area (Å²) in [7, 11) is 3.41. The zero-order valence-corrected chi connectivity index (χ0v) is 6.22. The van der Waals surface area contributed by atoms with Crippen LogP contribution in [0.15, 0.2) is 0 Å². The summed E-state index contributed by atoms with van der Waals surface area (Å²) in [5, 5.41) is 0. The van der Waals surface area contributed by atoms with Crippen molar-refractivity contribution in [2.24, 2.45) is 5.73 Å². The Morgan fingerprint density at radius 3 is 2.22 bits per heavy atom.